The normalized spacial score (nSPS) is 9.17. The first kappa shape index (κ1) is 16.3. The summed E-state index contributed by atoms with van der Waals surface area (Å²) in [5.74, 6) is -1.08. The lowest BCUT2D eigenvalue weighted by molar-refractivity contribution is -0.114. The smallest absolute Gasteiger partial charge is 0.221 e. The molecule has 0 spiro atoms. The molecule has 0 aliphatic carbocycles. The van der Waals surface area contributed by atoms with Gasteiger partial charge in [-0.15, -0.1) is 0 Å². The molecule has 0 unspecified atom stereocenters. The average molecular weight is 253 g/mol. The fourth-order valence-corrected chi connectivity index (χ4v) is 1.38. The van der Waals surface area contributed by atoms with Crippen LogP contribution in [-0.4, -0.2) is 11.7 Å². The molecule has 18 heavy (non-hydrogen) atoms. The van der Waals surface area contributed by atoms with Crippen LogP contribution in [-0.2, 0) is 4.79 Å². The standard InChI is InChI=1S/C12H14FNO2.C2H6/c1-3-4-12(16)10-6-5-9(7-11(10)13)14-8(2)15;1-2/h5-7H,3-4H2,1-2H3,(H,14,15);1-2H3. The highest BCUT2D eigenvalue weighted by Gasteiger charge is 2.11. The lowest BCUT2D eigenvalue weighted by Gasteiger charge is -2.05. The Labute approximate surface area is 107 Å². The molecule has 0 saturated heterocycles. The third kappa shape index (κ3) is 5.08. The van der Waals surface area contributed by atoms with Crippen LogP contribution in [0.25, 0.3) is 0 Å². The molecule has 0 saturated carbocycles. The Bertz CT molecular complexity index is 416. The molecule has 100 valence electrons. The van der Waals surface area contributed by atoms with E-state index in [-0.39, 0.29) is 17.3 Å². The summed E-state index contributed by atoms with van der Waals surface area (Å²) in [7, 11) is 0. The molecule has 3 nitrogen and oxygen atoms in total. The van der Waals surface area contributed by atoms with Gasteiger partial charge in [-0.2, -0.15) is 0 Å². The number of benzene rings is 1. The van der Waals surface area contributed by atoms with Crippen molar-refractivity contribution in [1.82, 2.24) is 0 Å². The Morgan fingerprint density at radius 3 is 2.33 bits per heavy atom. The maximum absolute atomic E-state index is 13.5. The molecule has 0 atom stereocenters. The van der Waals surface area contributed by atoms with Gasteiger partial charge in [-0.3, -0.25) is 9.59 Å². The molecule has 1 amide bonds. The van der Waals surface area contributed by atoms with Gasteiger partial charge in [0, 0.05) is 19.0 Å². The van der Waals surface area contributed by atoms with E-state index in [9.17, 15) is 14.0 Å². The van der Waals surface area contributed by atoms with Gasteiger partial charge in [0.2, 0.25) is 5.91 Å². The first-order valence-electron chi connectivity index (χ1n) is 6.15. The number of anilines is 1. The second kappa shape index (κ2) is 8.39. The zero-order chi connectivity index (χ0) is 14.1. The van der Waals surface area contributed by atoms with E-state index >= 15 is 0 Å². The van der Waals surface area contributed by atoms with E-state index in [0.717, 1.165) is 6.07 Å². The number of rotatable bonds is 4. The van der Waals surface area contributed by atoms with Gasteiger partial charge in [0.05, 0.1) is 5.56 Å². The van der Waals surface area contributed by atoms with Crippen LogP contribution in [0, 0.1) is 5.82 Å². The van der Waals surface area contributed by atoms with Crippen molar-refractivity contribution in [1.29, 1.82) is 0 Å². The van der Waals surface area contributed by atoms with Crippen molar-refractivity contribution in [2.45, 2.75) is 40.5 Å². The maximum atomic E-state index is 13.5. The number of ketones is 1. The summed E-state index contributed by atoms with van der Waals surface area (Å²) in [5.41, 5.74) is 0.439. The quantitative estimate of drug-likeness (QED) is 0.830. The van der Waals surface area contributed by atoms with Gasteiger partial charge in [0.15, 0.2) is 5.78 Å². The summed E-state index contributed by atoms with van der Waals surface area (Å²) in [6.45, 7) is 7.20. The Balaban J connectivity index is 0.00000137. The van der Waals surface area contributed by atoms with E-state index in [2.05, 4.69) is 5.32 Å². The Kier molecular flexibility index (Phi) is 7.59. The zero-order valence-electron chi connectivity index (χ0n) is 11.3. The summed E-state index contributed by atoms with van der Waals surface area (Å²) in [4.78, 5) is 22.2. The Morgan fingerprint density at radius 2 is 1.89 bits per heavy atom. The van der Waals surface area contributed by atoms with Crippen molar-refractivity contribution in [2.24, 2.45) is 0 Å². The highest BCUT2D eigenvalue weighted by atomic mass is 19.1. The van der Waals surface area contributed by atoms with Crippen LogP contribution in [0.15, 0.2) is 18.2 Å². The highest BCUT2D eigenvalue weighted by molar-refractivity contribution is 5.97. The van der Waals surface area contributed by atoms with Crippen molar-refractivity contribution >= 4 is 17.4 Å². The molecule has 0 radical (unpaired) electrons. The first-order chi connectivity index (χ1) is 8.54. The SMILES string of the molecule is CC.CCCC(=O)c1ccc(NC(C)=O)cc1F. The number of amides is 1. The molecule has 0 aliphatic heterocycles. The average Bonchev–Trinajstić information content (AvgIpc) is 2.31. The molecule has 0 bridgehead atoms. The third-order valence-electron chi connectivity index (χ3n) is 2.07. The van der Waals surface area contributed by atoms with Gasteiger partial charge in [-0.1, -0.05) is 20.8 Å². The summed E-state index contributed by atoms with van der Waals surface area (Å²) in [6, 6.07) is 4.08. The largest absolute Gasteiger partial charge is 0.326 e. The zero-order valence-corrected chi connectivity index (χ0v) is 11.3. The fraction of sp³-hybridized carbons (Fsp3) is 0.429. The van der Waals surface area contributed by atoms with Crippen LogP contribution in [0.3, 0.4) is 0 Å². The Hall–Kier alpha value is -1.71. The number of Topliss-reactive ketones (excluding diaryl/α,β-unsaturated/α-hetero) is 1. The first-order valence-corrected chi connectivity index (χ1v) is 6.15. The number of nitrogens with one attached hydrogen (secondary N) is 1. The number of carbonyl (C=O) groups is 2. The maximum Gasteiger partial charge on any atom is 0.221 e. The fourth-order valence-electron chi connectivity index (χ4n) is 1.38. The molecular weight excluding hydrogens is 233 g/mol. The molecule has 1 aromatic rings. The number of hydrogen-bond acceptors (Lipinski definition) is 2. The van der Waals surface area contributed by atoms with Crippen LogP contribution in [0.5, 0.6) is 0 Å². The van der Waals surface area contributed by atoms with Crippen LogP contribution >= 0.6 is 0 Å². The van der Waals surface area contributed by atoms with Gasteiger partial charge < -0.3 is 5.32 Å². The predicted molar refractivity (Wildman–Crippen MR) is 71.3 cm³/mol. The van der Waals surface area contributed by atoms with Crippen LogP contribution < -0.4 is 5.32 Å². The molecule has 0 aliphatic rings. The van der Waals surface area contributed by atoms with E-state index in [1.54, 1.807) is 0 Å². The van der Waals surface area contributed by atoms with Gasteiger partial charge in [0.25, 0.3) is 0 Å². The second-order valence-corrected chi connectivity index (χ2v) is 3.55. The van der Waals surface area contributed by atoms with Crippen LogP contribution in [0.2, 0.25) is 0 Å². The molecular formula is C14H20FNO2. The van der Waals surface area contributed by atoms with E-state index < -0.39 is 5.82 Å². The van der Waals surface area contributed by atoms with Gasteiger partial charge >= 0.3 is 0 Å². The second-order valence-electron chi connectivity index (χ2n) is 3.55. The van der Waals surface area contributed by atoms with E-state index in [0.29, 0.717) is 18.5 Å². The van der Waals surface area contributed by atoms with E-state index in [4.69, 9.17) is 0 Å². The van der Waals surface area contributed by atoms with E-state index in [1.807, 2.05) is 20.8 Å². The van der Waals surface area contributed by atoms with Crippen LogP contribution in [0.4, 0.5) is 10.1 Å². The van der Waals surface area contributed by atoms with Gasteiger partial charge in [-0.05, 0) is 24.6 Å². The van der Waals surface area contributed by atoms with Crippen molar-refractivity contribution < 1.29 is 14.0 Å². The van der Waals surface area contributed by atoms with Crippen molar-refractivity contribution in [2.75, 3.05) is 5.32 Å². The van der Waals surface area contributed by atoms with Gasteiger partial charge in [0.1, 0.15) is 5.82 Å². The van der Waals surface area contributed by atoms with Crippen molar-refractivity contribution in [3.8, 4) is 0 Å². The van der Waals surface area contributed by atoms with Gasteiger partial charge in [-0.25, -0.2) is 4.39 Å². The highest BCUT2D eigenvalue weighted by Crippen LogP contribution is 2.16. The predicted octanol–water partition coefficient (Wildman–Crippen LogP) is 3.79. The molecule has 1 aromatic carbocycles. The van der Waals surface area contributed by atoms with Crippen LogP contribution in [0.1, 0.15) is 50.9 Å². The third-order valence-corrected chi connectivity index (χ3v) is 2.07. The molecule has 1 rings (SSSR count). The summed E-state index contributed by atoms with van der Waals surface area (Å²) in [6.07, 6.45) is 1.02. The monoisotopic (exact) mass is 253 g/mol. The van der Waals surface area contributed by atoms with E-state index in [1.165, 1.54) is 19.1 Å². The molecule has 4 heteroatoms. The number of halogens is 1. The summed E-state index contributed by atoms with van der Waals surface area (Å²) < 4.78 is 13.5. The molecule has 1 N–H and O–H groups in total. The molecule has 0 heterocycles. The number of carbonyl (C=O) groups excluding carboxylic acids is 2. The molecule has 0 fully saturated rings. The number of hydrogen-bond donors (Lipinski definition) is 1. The van der Waals surface area contributed by atoms with Crippen molar-refractivity contribution in [3.63, 3.8) is 0 Å². The lowest BCUT2D eigenvalue weighted by atomic mass is 10.1. The van der Waals surface area contributed by atoms with Crippen molar-refractivity contribution in [3.05, 3.63) is 29.6 Å². The minimum atomic E-state index is -0.593. The summed E-state index contributed by atoms with van der Waals surface area (Å²) >= 11 is 0. The minimum Gasteiger partial charge on any atom is -0.326 e. The summed E-state index contributed by atoms with van der Waals surface area (Å²) in [5, 5.41) is 2.45. The Morgan fingerprint density at radius 1 is 1.28 bits per heavy atom. The molecule has 0 aromatic heterocycles. The topological polar surface area (TPSA) is 46.2 Å². The lowest BCUT2D eigenvalue weighted by Crippen LogP contribution is -2.07. The minimum absolute atomic E-state index is 0.0796.